The summed E-state index contributed by atoms with van der Waals surface area (Å²) in [6, 6.07) is 4.89. The molecule has 5 nitrogen and oxygen atoms in total. The van der Waals surface area contributed by atoms with Crippen LogP contribution in [0.4, 0.5) is 0 Å². The molecule has 2 aromatic rings. The van der Waals surface area contributed by atoms with Gasteiger partial charge in [0.25, 0.3) is 5.91 Å². The smallest absolute Gasteiger partial charge is 0.254 e. The maximum absolute atomic E-state index is 12.1. The predicted octanol–water partition coefficient (Wildman–Crippen LogP) is 1.03. The number of para-hydroxylation sites is 1. The zero-order valence-electron chi connectivity index (χ0n) is 9.75. The summed E-state index contributed by atoms with van der Waals surface area (Å²) in [6.45, 7) is 1.73. The Morgan fingerprint density at radius 1 is 1.39 bits per heavy atom. The van der Waals surface area contributed by atoms with Crippen molar-refractivity contribution in [2.75, 3.05) is 0 Å². The van der Waals surface area contributed by atoms with Gasteiger partial charge in [-0.2, -0.15) is 0 Å². The summed E-state index contributed by atoms with van der Waals surface area (Å²) >= 11 is 4.82. The lowest BCUT2D eigenvalue weighted by Gasteiger charge is -2.12. The Morgan fingerprint density at radius 2 is 2.11 bits per heavy atom. The number of hydrogen-bond donors (Lipinski definition) is 2. The fourth-order valence-electron chi connectivity index (χ4n) is 1.52. The summed E-state index contributed by atoms with van der Waals surface area (Å²) < 4.78 is 0. The number of rotatable bonds is 3. The largest absolute Gasteiger partial charge is 0.392 e. The Balaban J connectivity index is 2.36. The Hall–Kier alpha value is -2.08. The third kappa shape index (κ3) is 2.43. The Labute approximate surface area is 109 Å². The van der Waals surface area contributed by atoms with E-state index >= 15 is 0 Å². The van der Waals surface area contributed by atoms with Gasteiger partial charge < -0.3 is 11.1 Å². The van der Waals surface area contributed by atoms with E-state index in [0.717, 1.165) is 0 Å². The number of nitrogens with two attached hydrogens (primary N) is 1. The molecular formula is C12H12N4OS. The van der Waals surface area contributed by atoms with Crippen LogP contribution in [0.1, 0.15) is 17.3 Å². The topological polar surface area (TPSA) is 80.9 Å². The maximum Gasteiger partial charge on any atom is 0.254 e. The molecule has 1 aromatic carbocycles. The standard InChI is InChI=1S/C12H12N4OS/c1-7(11(13)18)16-12(17)8-3-2-4-9-10(8)15-6-5-14-9/h2-7H,1H3,(H2,13,18)(H,16,17). The molecule has 3 N–H and O–H groups in total. The van der Waals surface area contributed by atoms with Crippen LogP contribution in [0.3, 0.4) is 0 Å². The van der Waals surface area contributed by atoms with E-state index in [4.69, 9.17) is 18.0 Å². The van der Waals surface area contributed by atoms with Crippen molar-refractivity contribution in [1.82, 2.24) is 15.3 Å². The van der Waals surface area contributed by atoms with Crippen molar-refractivity contribution >= 4 is 34.1 Å². The van der Waals surface area contributed by atoms with Gasteiger partial charge in [0.2, 0.25) is 0 Å². The molecule has 18 heavy (non-hydrogen) atoms. The SMILES string of the molecule is CC(NC(=O)c1cccc2nccnc12)C(N)=S. The first-order chi connectivity index (χ1) is 8.59. The van der Waals surface area contributed by atoms with Crippen LogP contribution in [0.15, 0.2) is 30.6 Å². The van der Waals surface area contributed by atoms with Gasteiger partial charge in [0.1, 0.15) is 5.52 Å². The number of nitrogens with one attached hydrogen (secondary N) is 1. The van der Waals surface area contributed by atoms with Crippen LogP contribution in [0, 0.1) is 0 Å². The van der Waals surface area contributed by atoms with Crippen molar-refractivity contribution in [2.24, 2.45) is 5.73 Å². The van der Waals surface area contributed by atoms with Gasteiger partial charge in [0.05, 0.1) is 22.1 Å². The molecule has 1 amide bonds. The highest BCUT2D eigenvalue weighted by atomic mass is 32.1. The van der Waals surface area contributed by atoms with Crippen LogP contribution in [-0.2, 0) is 0 Å². The molecule has 1 aromatic heterocycles. The normalized spacial score (nSPS) is 12.1. The lowest BCUT2D eigenvalue weighted by atomic mass is 10.1. The van der Waals surface area contributed by atoms with Crippen LogP contribution in [0.5, 0.6) is 0 Å². The summed E-state index contributed by atoms with van der Waals surface area (Å²) in [5.41, 5.74) is 7.16. The van der Waals surface area contributed by atoms with E-state index in [2.05, 4.69) is 15.3 Å². The number of carbonyl (C=O) groups excluding carboxylic acids is 1. The molecule has 0 spiro atoms. The molecule has 1 atom stereocenters. The van der Waals surface area contributed by atoms with E-state index in [-0.39, 0.29) is 16.9 Å². The van der Waals surface area contributed by atoms with Crippen LogP contribution >= 0.6 is 12.2 Å². The Bertz CT molecular complexity index is 609. The molecule has 6 heteroatoms. The number of carbonyl (C=O) groups is 1. The molecule has 2 rings (SSSR count). The summed E-state index contributed by atoms with van der Waals surface area (Å²) in [5, 5.41) is 2.71. The van der Waals surface area contributed by atoms with E-state index in [1.807, 2.05) is 0 Å². The van der Waals surface area contributed by atoms with E-state index < -0.39 is 0 Å². The number of benzene rings is 1. The molecule has 92 valence electrons. The minimum atomic E-state index is -0.362. The third-order valence-corrected chi connectivity index (χ3v) is 2.87. The second kappa shape index (κ2) is 5.05. The van der Waals surface area contributed by atoms with Gasteiger partial charge in [-0.3, -0.25) is 14.8 Å². The summed E-state index contributed by atoms with van der Waals surface area (Å²) in [4.78, 5) is 20.6. The third-order valence-electron chi connectivity index (χ3n) is 2.52. The van der Waals surface area contributed by atoms with E-state index in [9.17, 15) is 4.79 Å². The lowest BCUT2D eigenvalue weighted by molar-refractivity contribution is 0.0951. The molecule has 0 fully saturated rings. The first-order valence-corrected chi connectivity index (χ1v) is 5.80. The zero-order valence-corrected chi connectivity index (χ0v) is 10.6. The van der Waals surface area contributed by atoms with Crippen LogP contribution in [0.2, 0.25) is 0 Å². The van der Waals surface area contributed by atoms with Gasteiger partial charge in [-0.15, -0.1) is 0 Å². The molecule has 0 aliphatic heterocycles. The lowest BCUT2D eigenvalue weighted by Crippen LogP contribution is -2.41. The second-order valence-corrected chi connectivity index (χ2v) is 4.30. The van der Waals surface area contributed by atoms with Gasteiger partial charge >= 0.3 is 0 Å². The number of fused-ring (bicyclic) bond motifs is 1. The minimum absolute atomic E-state index is 0.245. The molecule has 0 saturated heterocycles. The first-order valence-electron chi connectivity index (χ1n) is 5.39. The molecule has 0 bridgehead atoms. The summed E-state index contributed by atoms with van der Waals surface area (Å²) in [7, 11) is 0. The van der Waals surface area contributed by atoms with Crippen molar-refractivity contribution in [1.29, 1.82) is 0 Å². The number of amides is 1. The van der Waals surface area contributed by atoms with E-state index in [1.54, 1.807) is 37.5 Å². The maximum atomic E-state index is 12.1. The van der Waals surface area contributed by atoms with Gasteiger partial charge in [0, 0.05) is 12.4 Å². The van der Waals surface area contributed by atoms with Crippen LogP contribution < -0.4 is 11.1 Å². The van der Waals surface area contributed by atoms with Crippen LogP contribution in [-0.4, -0.2) is 26.9 Å². The molecular weight excluding hydrogens is 248 g/mol. The average Bonchev–Trinajstić information content (AvgIpc) is 2.37. The van der Waals surface area contributed by atoms with Crippen molar-refractivity contribution < 1.29 is 4.79 Å². The van der Waals surface area contributed by atoms with Crippen molar-refractivity contribution in [3.8, 4) is 0 Å². The van der Waals surface area contributed by atoms with Crippen molar-refractivity contribution in [2.45, 2.75) is 13.0 Å². The first kappa shape index (κ1) is 12.4. The molecule has 0 saturated carbocycles. The van der Waals surface area contributed by atoms with Crippen molar-refractivity contribution in [3.05, 3.63) is 36.2 Å². The number of thiocarbonyl (C=S) groups is 1. The van der Waals surface area contributed by atoms with E-state index in [0.29, 0.717) is 16.6 Å². The number of nitrogens with zero attached hydrogens (tertiary/aromatic N) is 2. The Kier molecular flexibility index (Phi) is 3.47. The fourth-order valence-corrected chi connectivity index (χ4v) is 1.58. The monoisotopic (exact) mass is 260 g/mol. The highest BCUT2D eigenvalue weighted by Crippen LogP contribution is 2.13. The van der Waals surface area contributed by atoms with Gasteiger partial charge in [-0.25, -0.2) is 0 Å². The Morgan fingerprint density at radius 3 is 2.83 bits per heavy atom. The molecule has 0 aliphatic carbocycles. The van der Waals surface area contributed by atoms with Crippen LogP contribution in [0.25, 0.3) is 11.0 Å². The number of aromatic nitrogens is 2. The highest BCUT2D eigenvalue weighted by Gasteiger charge is 2.14. The molecule has 1 heterocycles. The highest BCUT2D eigenvalue weighted by molar-refractivity contribution is 7.80. The minimum Gasteiger partial charge on any atom is -0.392 e. The molecule has 1 unspecified atom stereocenters. The van der Waals surface area contributed by atoms with Gasteiger partial charge in [0.15, 0.2) is 0 Å². The fraction of sp³-hybridized carbons (Fsp3) is 0.167. The molecule has 0 radical (unpaired) electrons. The zero-order chi connectivity index (χ0) is 13.1. The molecule has 0 aliphatic rings. The average molecular weight is 260 g/mol. The van der Waals surface area contributed by atoms with Crippen molar-refractivity contribution in [3.63, 3.8) is 0 Å². The second-order valence-electron chi connectivity index (χ2n) is 3.83. The summed E-state index contributed by atoms with van der Waals surface area (Å²) in [5.74, 6) is -0.263. The predicted molar refractivity (Wildman–Crippen MR) is 73.3 cm³/mol. The number of hydrogen-bond acceptors (Lipinski definition) is 4. The van der Waals surface area contributed by atoms with Gasteiger partial charge in [-0.1, -0.05) is 18.3 Å². The van der Waals surface area contributed by atoms with Gasteiger partial charge in [-0.05, 0) is 19.1 Å². The van der Waals surface area contributed by atoms with E-state index in [1.165, 1.54) is 0 Å². The quantitative estimate of drug-likeness (QED) is 0.806. The summed E-state index contributed by atoms with van der Waals surface area (Å²) in [6.07, 6.45) is 3.14.